The molecule has 0 spiro atoms. The number of ether oxygens (including phenoxy) is 1. The molecule has 0 aliphatic heterocycles. The summed E-state index contributed by atoms with van der Waals surface area (Å²) in [4.78, 5) is 11.3. The predicted octanol–water partition coefficient (Wildman–Crippen LogP) is 1.53. The summed E-state index contributed by atoms with van der Waals surface area (Å²) in [6, 6.07) is 3.67. The summed E-state index contributed by atoms with van der Waals surface area (Å²) in [6.45, 7) is 5.45. The van der Waals surface area contributed by atoms with Crippen molar-refractivity contribution in [2.24, 2.45) is 5.73 Å². The minimum Gasteiger partial charge on any atom is -0.483 e. The Morgan fingerprint density at radius 2 is 2.39 bits per heavy atom. The highest BCUT2D eigenvalue weighted by molar-refractivity contribution is 5.77. The van der Waals surface area contributed by atoms with Gasteiger partial charge in [-0.25, -0.2) is 4.39 Å². The zero-order valence-electron chi connectivity index (χ0n) is 10.3. The van der Waals surface area contributed by atoms with Gasteiger partial charge in [-0.15, -0.1) is 6.58 Å². The third kappa shape index (κ3) is 4.18. The van der Waals surface area contributed by atoms with E-state index in [0.29, 0.717) is 17.9 Å². The zero-order chi connectivity index (χ0) is 13.5. The van der Waals surface area contributed by atoms with E-state index in [9.17, 15) is 9.18 Å². The third-order valence-electron chi connectivity index (χ3n) is 2.26. The summed E-state index contributed by atoms with van der Waals surface area (Å²) in [5.74, 6) is -0.235. The van der Waals surface area contributed by atoms with Crippen LogP contribution >= 0.6 is 0 Å². The first kappa shape index (κ1) is 14.2. The molecule has 0 radical (unpaired) electrons. The second-order valence-corrected chi connectivity index (χ2v) is 3.85. The molecule has 98 valence electrons. The fourth-order valence-corrected chi connectivity index (χ4v) is 1.39. The van der Waals surface area contributed by atoms with Crippen molar-refractivity contribution in [3.05, 3.63) is 42.2 Å². The van der Waals surface area contributed by atoms with Crippen LogP contribution in [0.5, 0.6) is 5.75 Å². The smallest absolute Gasteiger partial charge is 0.258 e. The lowest BCUT2D eigenvalue weighted by Gasteiger charge is -2.13. The van der Waals surface area contributed by atoms with E-state index in [0.717, 1.165) is 0 Å². The molecular weight excluding hydrogens is 235 g/mol. The molecule has 0 saturated carbocycles. The van der Waals surface area contributed by atoms with E-state index in [1.165, 1.54) is 18.2 Å². The van der Waals surface area contributed by atoms with E-state index >= 15 is 0 Å². The van der Waals surface area contributed by atoms with Crippen molar-refractivity contribution in [3.63, 3.8) is 0 Å². The van der Waals surface area contributed by atoms with Crippen LogP contribution in [-0.2, 0) is 4.79 Å². The van der Waals surface area contributed by atoms with E-state index < -0.39 is 0 Å². The summed E-state index contributed by atoms with van der Waals surface area (Å²) in [5.41, 5.74) is 6.24. The maximum Gasteiger partial charge on any atom is 0.258 e. The molecule has 3 N–H and O–H groups in total. The molecule has 0 aromatic heterocycles. The van der Waals surface area contributed by atoms with Crippen molar-refractivity contribution < 1.29 is 13.9 Å². The second kappa shape index (κ2) is 6.76. The van der Waals surface area contributed by atoms with Gasteiger partial charge in [-0.3, -0.25) is 4.79 Å². The number of hydrogen-bond acceptors (Lipinski definition) is 3. The van der Waals surface area contributed by atoms with Gasteiger partial charge in [0.1, 0.15) is 11.6 Å². The quantitative estimate of drug-likeness (QED) is 0.755. The number of nitrogens with two attached hydrogens (primary N) is 1. The molecule has 1 amide bonds. The van der Waals surface area contributed by atoms with Crippen molar-refractivity contribution in [2.45, 2.75) is 13.0 Å². The molecule has 0 aliphatic rings. The number of halogens is 1. The summed E-state index contributed by atoms with van der Waals surface area (Å²) in [7, 11) is 0. The molecule has 1 aromatic rings. The molecule has 18 heavy (non-hydrogen) atoms. The average Bonchev–Trinajstić information content (AvgIpc) is 2.34. The van der Waals surface area contributed by atoms with Crippen LogP contribution in [0.3, 0.4) is 0 Å². The molecule has 0 saturated heterocycles. The zero-order valence-corrected chi connectivity index (χ0v) is 10.3. The Labute approximate surface area is 106 Å². The minimum absolute atomic E-state index is 0.140. The minimum atomic E-state index is -0.384. The largest absolute Gasteiger partial charge is 0.483 e. The van der Waals surface area contributed by atoms with Gasteiger partial charge in [0.2, 0.25) is 0 Å². The van der Waals surface area contributed by atoms with E-state index in [1.54, 1.807) is 13.0 Å². The Morgan fingerprint density at radius 1 is 1.67 bits per heavy atom. The summed E-state index contributed by atoms with van der Waals surface area (Å²) < 4.78 is 18.4. The van der Waals surface area contributed by atoms with Gasteiger partial charge in [0, 0.05) is 18.2 Å². The lowest BCUT2D eigenvalue weighted by atomic mass is 10.1. The number of nitrogens with one attached hydrogen (secondary N) is 1. The van der Waals surface area contributed by atoms with Gasteiger partial charge in [-0.05, 0) is 25.1 Å². The summed E-state index contributed by atoms with van der Waals surface area (Å²) >= 11 is 0. The van der Waals surface area contributed by atoms with Crippen LogP contribution in [0.4, 0.5) is 4.39 Å². The second-order valence-electron chi connectivity index (χ2n) is 3.85. The first-order chi connectivity index (χ1) is 8.54. The number of benzene rings is 1. The molecule has 0 aliphatic carbocycles. The Morgan fingerprint density at radius 3 is 3.00 bits per heavy atom. The van der Waals surface area contributed by atoms with Gasteiger partial charge in [-0.2, -0.15) is 0 Å². The Kier molecular flexibility index (Phi) is 5.32. The van der Waals surface area contributed by atoms with Crippen molar-refractivity contribution >= 4 is 5.91 Å². The fourth-order valence-electron chi connectivity index (χ4n) is 1.39. The Balaban J connectivity index is 2.66. The maximum absolute atomic E-state index is 13.1. The van der Waals surface area contributed by atoms with Crippen molar-refractivity contribution in [2.75, 3.05) is 13.2 Å². The van der Waals surface area contributed by atoms with E-state index in [1.807, 2.05) is 0 Å². The lowest BCUT2D eigenvalue weighted by molar-refractivity contribution is -0.122. The SMILES string of the molecule is C=CCNC(=O)COc1ccc(F)cc1C(C)N. The molecule has 4 nitrogen and oxygen atoms in total. The van der Waals surface area contributed by atoms with Crippen molar-refractivity contribution in [1.82, 2.24) is 5.32 Å². The van der Waals surface area contributed by atoms with Crippen molar-refractivity contribution in [1.29, 1.82) is 0 Å². The van der Waals surface area contributed by atoms with Crippen LogP contribution in [0, 0.1) is 5.82 Å². The van der Waals surface area contributed by atoms with E-state index in [-0.39, 0.29) is 24.4 Å². The number of hydrogen-bond donors (Lipinski definition) is 2. The molecule has 0 heterocycles. The fraction of sp³-hybridized carbons (Fsp3) is 0.308. The van der Waals surface area contributed by atoms with Gasteiger partial charge >= 0.3 is 0 Å². The number of amides is 1. The predicted molar refractivity (Wildman–Crippen MR) is 67.7 cm³/mol. The molecule has 5 heteroatoms. The van der Waals surface area contributed by atoms with Gasteiger partial charge in [0.05, 0.1) is 0 Å². The van der Waals surface area contributed by atoms with Gasteiger partial charge in [0.25, 0.3) is 5.91 Å². The highest BCUT2D eigenvalue weighted by atomic mass is 19.1. The average molecular weight is 252 g/mol. The molecule has 1 atom stereocenters. The molecule has 1 rings (SSSR count). The first-order valence-corrected chi connectivity index (χ1v) is 5.60. The van der Waals surface area contributed by atoms with Gasteiger partial charge in [-0.1, -0.05) is 6.08 Å². The van der Waals surface area contributed by atoms with E-state index in [4.69, 9.17) is 10.5 Å². The topological polar surface area (TPSA) is 64.3 Å². The maximum atomic E-state index is 13.1. The number of carbonyl (C=O) groups excluding carboxylic acids is 1. The van der Waals surface area contributed by atoms with Crippen LogP contribution in [0.1, 0.15) is 18.5 Å². The Bertz CT molecular complexity index is 433. The van der Waals surface area contributed by atoms with Crippen LogP contribution in [0.2, 0.25) is 0 Å². The monoisotopic (exact) mass is 252 g/mol. The Hall–Kier alpha value is -1.88. The van der Waals surface area contributed by atoms with Crippen LogP contribution in [-0.4, -0.2) is 19.1 Å². The highest BCUT2D eigenvalue weighted by Gasteiger charge is 2.11. The third-order valence-corrected chi connectivity index (χ3v) is 2.26. The molecule has 0 fully saturated rings. The number of carbonyl (C=O) groups is 1. The van der Waals surface area contributed by atoms with Gasteiger partial charge in [0.15, 0.2) is 6.61 Å². The highest BCUT2D eigenvalue weighted by Crippen LogP contribution is 2.24. The first-order valence-electron chi connectivity index (χ1n) is 5.60. The van der Waals surface area contributed by atoms with Crippen LogP contribution in [0.15, 0.2) is 30.9 Å². The van der Waals surface area contributed by atoms with Crippen LogP contribution in [0.25, 0.3) is 0 Å². The summed E-state index contributed by atoms with van der Waals surface area (Å²) in [6.07, 6.45) is 1.57. The molecule has 1 unspecified atom stereocenters. The molecule has 0 bridgehead atoms. The molecular formula is C13H17FN2O2. The standard InChI is InChI=1S/C13H17FN2O2/c1-3-6-16-13(17)8-18-12-5-4-10(14)7-11(12)9(2)15/h3-5,7,9H,1,6,8,15H2,2H3,(H,16,17). The normalized spacial score (nSPS) is 11.7. The van der Waals surface area contributed by atoms with Crippen LogP contribution < -0.4 is 15.8 Å². The number of rotatable bonds is 6. The summed E-state index contributed by atoms with van der Waals surface area (Å²) in [5, 5.41) is 2.58. The van der Waals surface area contributed by atoms with E-state index in [2.05, 4.69) is 11.9 Å². The lowest BCUT2D eigenvalue weighted by Crippen LogP contribution is -2.29. The van der Waals surface area contributed by atoms with Gasteiger partial charge < -0.3 is 15.8 Å². The van der Waals surface area contributed by atoms with Crippen molar-refractivity contribution in [3.8, 4) is 5.75 Å². The molecule has 1 aromatic carbocycles.